The van der Waals surface area contributed by atoms with Gasteiger partial charge in [-0.25, -0.2) is 4.98 Å². The normalized spacial score (nSPS) is 16.8. The first kappa shape index (κ1) is 25.2. The van der Waals surface area contributed by atoms with Crippen molar-refractivity contribution < 1.29 is 27.5 Å². The summed E-state index contributed by atoms with van der Waals surface area (Å²) in [5.74, 6) is 0.370. The van der Waals surface area contributed by atoms with Gasteiger partial charge < -0.3 is 14.5 Å². The number of hydrogen-bond donors (Lipinski definition) is 0. The van der Waals surface area contributed by atoms with Crippen LogP contribution >= 0.6 is 0 Å². The van der Waals surface area contributed by atoms with E-state index in [2.05, 4.69) is 15.0 Å². The van der Waals surface area contributed by atoms with Gasteiger partial charge in [-0.2, -0.15) is 18.3 Å². The van der Waals surface area contributed by atoms with Crippen molar-refractivity contribution in [1.29, 1.82) is 0 Å². The van der Waals surface area contributed by atoms with Crippen LogP contribution in [-0.4, -0.2) is 76.1 Å². The number of carbonyl (C=O) groups excluding carboxylic acids is 2. The lowest BCUT2D eigenvalue weighted by atomic mass is 10.0. The van der Waals surface area contributed by atoms with Gasteiger partial charge in [0.25, 0.3) is 0 Å². The Morgan fingerprint density at radius 3 is 2.57 bits per heavy atom. The van der Waals surface area contributed by atoms with Crippen molar-refractivity contribution in [1.82, 2.24) is 24.6 Å². The average Bonchev–Trinajstić information content (AvgIpc) is 3.61. The van der Waals surface area contributed by atoms with Crippen molar-refractivity contribution in [3.63, 3.8) is 0 Å². The SMILES string of the molecule is CN1CCN(C(=O)Cn2cc3cc(CC(=O)c4cccc(C(F)(F)F)n4)c(OCC4CC4)cc3n2)CC1. The predicted octanol–water partition coefficient (Wildman–Crippen LogP) is 3.44. The second-order valence-electron chi connectivity index (χ2n) is 9.79. The minimum atomic E-state index is -4.64. The third kappa shape index (κ3) is 6.10. The van der Waals surface area contributed by atoms with Crippen LogP contribution in [0.3, 0.4) is 0 Å². The van der Waals surface area contributed by atoms with E-state index in [1.54, 1.807) is 23.0 Å². The number of piperazine rings is 1. The fourth-order valence-electron chi connectivity index (χ4n) is 4.30. The maximum Gasteiger partial charge on any atom is 0.433 e. The number of aromatic nitrogens is 3. The van der Waals surface area contributed by atoms with Gasteiger partial charge in [-0.05, 0) is 44.0 Å². The summed E-state index contributed by atoms with van der Waals surface area (Å²) < 4.78 is 46.8. The maximum absolute atomic E-state index is 13.1. The monoisotopic (exact) mass is 515 g/mol. The van der Waals surface area contributed by atoms with Crippen LogP contribution in [0, 0.1) is 5.92 Å². The van der Waals surface area contributed by atoms with Gasteiger partial charge in [-0.3, -0.25) is 14.3 Å². The van der Waals surface area contributed by atoms with Crippen LogP contribution in [-0.2, 0) is 23.9 Å². The van der Waals surface area contributed by atoms with E-state index in [4.69, 9.17) is 4.74 Å². The second-order valence-corrected chi connectivity index (χ2v) is 9.79. The Labute approximate surface area is 212 Å². The van der Waals surface area contributed by atoms with Crippen molar-refractivity contribution in [2.75, 3.05) is 39.8 Å². The Morgan fingerprint density at radius 1 is 1.11 bits per heavy atom. The fourth-order valence-corrected chi connectivity index (χ4v) is 4.30. The van der Waals surface area contributed by atoms with Crippen LogP contribution in [0.25, 0.3) is 10.9 Å². The summed E-state index contributed by atoms with van der Waals surface area (Å²) in [5.41, 5.74) is -0.200. The van der Waals surface area contributed by atoms with Gasteiger partial charge in [0, 0.05) is 55.8 Å². The van der Waals surface area contributed by atoms with Gasteiger partial charge in [0.2, 0.25) is 5.91 Å². The third-order valence-corrected chi connectivity index (χ3v) is 6.74. The summed E-state index contributed by atoms with van der Waals surface area (Å²) in [4.78, 5) is 33.2. The summed E-state index contributed by atoms with van der Waals surface area (Å²) in [6.45, 7) is 3.59. The number of pyridine rings is 1. The molecule has 0 atom stereocenters. The molecule has 0 radical (unpaired) electrons. The van der Waals surface area contributed by atoms with Gasteiger partial charge in [0.1, 0.15) is 23.7 Å². The van der Waals surface area contributed by atoms with Crippen molar-refractivity contribution in [3.8, 4) is 5.75 Å². The number of ether oxygens (including phenoxy) is 1. The summed E-state index contributed by atoms with van der Waals surface area (Å²) in [5, 5.41) is 5.25. The molecule has 0 N–H and O–H groups in total. The van der Waals surface area contributed by atoms with Crippen LogP contribution in [0.4, 0.5) is 13.2 Å². The number of nitrogens with zero attached hydrogens (tertiary/aromatic N) is 5. The summed E-state index contributed by atoms with van der Waals surface area (Å²) in [7, 11) is 2.02. The molecule has 3 aromatic rings. The smallest absolute Gasteiger partial charge is 0.433 e. The molecular weight excluding hydrogens is 487 g/mol. The first-order valence-electron chi connectivity index (χ1n) is 12.3. The Hall–Kier alpha value is -3.47. The number of carbonyl (C=O) groups is 2. The molecule has 8 nitrogen and oxygen atoms in total. The third-order valence-electron chi connectivity index (χ3n) is 6.74. The van der Waals surface area contributed by atoms with E-state index in [-0.39, 0.29) is 24.6 Å². The minimum Gasteiger partial charge on any atom is -0.493 e. The van der Waals surface area contributed by atoms with Gasteiger partial charge in [0.05, 0.1) is 12.1 Å². The van der Waals surface area contributed by atoms with Crippen molar-refractivity contribution in [3.05, 3.63) is 53.5 Å². The zero-order chi connectivity index (χ0) is 26.2. The zero-order valence-corrected chi connectivity index (χ0v) is 20.5. The molecule has 2 aliphatic rings. The summed E-state index contributed by atoms with van der Waals surface area (Å²) in [6, 6.07) is 6.79. The van der Waals surface area contributed by atoms with Crippen LogP contribution in [0.5, 0.6) is 5.75 Å². The largest absolute Gasteiger partial charge is 0.493 e. The topological polar surface area (TPSA) is 80.6 Å². The van der Waals surface area contributed by atoms with Crippen LogP contribution in [0.15, 0.2) is 36.5 Å². The highest BCUT2D eigenvalue weighted by Crippen LogP contribution is 2.33. The summed E-state index contributed by atoms with van der Waals surface area (Å²) in [6.07, 6.45) is -0.911. The molecule has 0 unspecified atom stereocenters. The number of Topliss-reactive ketones (excluding diaryl/α,β-unsaturated/α-hetero) is 1. The van der Waals surface area contributed by atoms with E-state index in [0.717, 1.165) is 32.0 Å². The van der Waals surface area contributed by atoms with E-state index >= 15 is 0 Å². The highest BCUT2D eigenvalue weighted by atomic mass is 19.4. The zero-order valence-electron chi connectivity index (χ0n) is 20.5. The molecule has 1 aliphatic carbocycles. The molecule has 2 fully saturated rings. The predicted molar refractivity (Wildman–Crippen MR) is 129 cm³/mol. The molecule has 0 bridgehead atoms. The lowest BCUT2D eigenvalue weighted by molar-refractivity contribution is -0.141. The molecule has 5 rings (SSSR count). The number of amides is 1. The van der Waals surface area contributed by atoms with Crippen molar-refractivity contribution in [2.24, 2.45) is 5.92 Å². The number of hydrogen-bond acceptors (Lipinski definition) is 6. The van der Waals surface area contributed by atoms with Crippen molar-refractivity contribution >= 4 is 22.6 Å². The van der Waals surface area contributed by atoms with Crippen LogP contribution in [0.1, 0.15) is 34.6 Å². The number of halogens is 3. The molecule has 0 spiro atoms. The van der Waals surface area contributed by atoms with E-state index in [1.165, 1.54) is 12.1 Å². The molecule has 1 aromatic carbocycles. The number of alkyl halides is 3. The molecular formula is C26H28F3N5O3. The lowest BCUT2D eigenvalue weighted by Gasteiger charge is -2.32. The number of likely N-dealkylation sites (N-methyl/N-ethyl adjacent to an activating group) is 1. The first-order chi connectivity index (χ1) is 17.7. The fraction of sp³-hybridized carbons (Fsp3) is 0.462. The Bertz CT molecular complexity index is 1310. The van der Waals surface area contributed by atoms with E-state index in [1.807, 2.05) is 11.9 Å². The molecule has 196 valence electrons. The Balaban J connectivity index is 1.37. The Kier molecular flexibility index (Phi) is 6.89. The molecule has 1 aliphatic heterocycles. The highest BCUT2D eigenvalue weighted by Gasteiger charge is 2.33. The molecule has 37 heavy (non-hydrogen) atoms. The van der Waals surface area contributed by atoms with Gasteiger partial charge in [-0.15, -0.1) is 0 Å². The van der Waals surface area contributed by atoms with E-state index < -0.39 is 17.7 Å². The van der Waals surface area contributed by atoms with E-state index in [9.17, 15) is 22.8 Å². The molecule has 1 saturated heterocycles. The molecule has 3 heterocycles. The molecule has 2 aromatic heterocycles. The molecule has 11 heteroatoms. The Morgan fingerprint density at radius 2 is 1.86 bits per heavy atom. The maximum atomic E-state index is 13.1. The number of rotatable bonds is 8. The number of fused-ring (bicyclic) bond motifs is 1. The van der Waals surface area contributed by atoms with Crippen molar-refractivity contribution in [2.45, 2.75) is 32.0 Å². The summed E-state index contributed by atoms with van der Waals surface area (Å²) >= 11 is 0. The van der Waals surface area contributed by atoms with E-state index in [0.29, 0.717) is 47.8 Å². The highest BCUT2D eigenvalue weighted by molar-refractivity contribution is 5.97. The molecule has 1 saturated carbocycles. The van der Waals surface area contributed by atoms with Gasteiger partial charge in [0.15, 0.2) is 5.78 Å². The number of ketones is 1. The second kappa shape index (κ2) is 10.1. The minimum absolute atomic E-state index is 0.0165. The van der Waals surface area contributed by atoms with Gasteiger partial charge >= 0.3 is 6.18 Å². The number of benzene rings is 1. The van der Waals surface area contributed by atoms with Gasteiger partial charge in [-0.1, -0.05) is 6.07 Å². The lowest BCUT2D eigenvalue weighted by Crippen LogP contribution is -2.48. The standard InChI is InChI=1S/C26H28F3N5O3/c1-32-7-9-33(10-8-32)25(36)15-34-14-19-11-18(23(13-21(19)31-34)37-16-17-5-6-17)12-22(35)20-3-2-4-24(30-20)26(27,28)29/h2-4,11,13-14,17H,5-10,12,15-16H2,1H3. The first-order valence-corrected chi connectivity index (χ1v) is 12.3. The average molecular weight is 516 g/mol. The van der Waals surface area contributed by atoms with Crippen LogP contribution < -0.4 is 4.74 Å². The molecule has 1 amide bonds. The quantitative estimate of drug-likeness (QED) is 0.428. The van der Waals surface area contributed by atoms with Crippen LogP contribution in [0.2, 0.25) is 0 Å².